The molecule has 1 heterocycles. The second-order valence-corrected chi connectivity index (χ2v) is 8.42. The van der Waals surface area contributed by atoms with Crippen LogP contribution in [0.1, 0.15) is 33.3 Å². The molecule has 1 saturated heterocycles. The van der Waals surface area contributed by atoms with E-state index in [1.54, 1.807) is 18.2 Å². The van der Waals surface area contributed by atoms with Gasteiger partial charge in [-0.1, -0.05) is 12.1 Å². The molecule has 2 rings (SSSR count). The summed E-state index contributed by atoms with van der Waals surface area (Å²) in [6.45, 7) is 9.58. The molecule has 1 N–H and O–H groups in total. The van der Waals surface area contributed by atoms with Crippen molar-refractivity contribution in [3.05, 3.63) is 23.8 Å². The largest absolute Gasteiger partial charge is 0.497 e. The van der Waals surface area contributed by atoms with E-state index in [0.717, 1.165) is 5.56 Å². The Bertz CT molecular complexity index is 737. The molecule has 1 aromatic rings. The van der Waals surface area contributed by atoms with Crippen LogP contribution in [0.25, 0.3) is 0 Å². The number of benzene rings is 1. The molecule has 0 aliphatic carbocycles. The average molecular weight is 336 g/mol. The number of rotatable bonds is 4. The first-order valence-electron chi connectivity index (χ1n) is 7.31. The monoisotopic (exact) mass is 336 g/mol. The second-order valence-electron chi connectivity index (χ2n) is 6.70. The predicted octanol–water partition coefficient (Wildman–Crippen LogP) is 1.56. The Morgan fingerprint density at radius 3 is 2.30 bits per heavy atom. The third-order valence-corrected chi connectivity index (χ3v) is 5.28. The number of anilines is 1. The van der Waals surface area contributed by atoms with Crippen molar-refractivity contribution in [1.29, 1.82) is 5.26 Å². The van der Waals surface area contributed by atoms with Crippen molar-refractivity contribution in [2.24, 2.45) is 0 Å². The lowest BCUT2D eigenvalue weighted by molar-refractivity contribution is 0.00578. The number of nitrogens with zero attached hydrogens (tertiary/aromatic N) is 1. The molecule has 0 amide bonds. The summed E-state index contributed by atoms with van der Waals surface area (Å²) in [5.74, 6) is -0.607. The van der Waals surface area contributed by atoms with Crippen LogP contribution >= 0.6 is 0 Å². The highest BCUT2D eigenvalue weighted by atomic mass is 32.2. The summed E-state index contributed by atoms with van der Waals surface area (Å²) in [5.41, 5.74) is 0.811. The van der Waals surface area contributed by atoms with E-state index >= 15 is 0 Å². The molecular weight excluding hydrogens is 315 g/mol. The Labute approximate surface area is 138 Å². The van der Waals surface area contributed by atoms with E-state index in [4.69, 9.17) is 14.6 Å². The summed E-state index contributed by atoms with van der Waals surface area (Å²) in [6.07, 6.45) is 0. The molecule has 0 radical (unpaired) electrons. The molecule has 0 spiro atoms. The molecule has 0 saturated carbocycles. The number of nitrogens with one attached hydrogen (secondary N) is 1. The Kier molecular flexibility index (Phi) is 4.50. The van der Waals surface area contributed by atoms with E-state index in [9.17, 15) is 8.42 Å². The average Bonchev–Trinajstić information content (AvgIpc) is 2.57. The molecule has 23 heavy (non-hydrogen) atoms. The predicted molar refractivity (Wildman–Crippen MR) is 89.9 cm³/mol. The Balaban J connectivity index is 2.40. The fraction of sp³-hybridized carbons (Fsp3) is 0.533. The van der Waals surface area contributed by atoms with Crippen LogP contribution in [0.15, 0.2) is 18.2 Å². The fourth-order valence-electron chi connectivity index (χ4n) is 2.22. The number of hydrogen-bond acceptors (Lipinski definition) is 5. The van der Waals surface area contributed by atoms with E-state index in [-0.39, 0.29) is 0 Å². The van der Waals surface area contributed by atoms with Gasteiger partial charge in [0.2, 0.25) is 10.0 Å². The molecule has 6 nitrogen and oxygen atoms in total. The molecule has 0 atom stereocenters. The van der Waals surface area contributed by atoms with Crippen molar-refractivity contribution in [3.63, 3.8) is 0 Å². The third-order valence-electron chi connectivity index (χ3n) is 4.24. The first-order chi connectivity index (χ1) is 10.5. The van der Waals surface area contributed by atoms with Gasteiger partial charge in [0.25, 0.3) is 0 Å². The maximum absolute atomic E-state index is 11.9. The molecule has 0 aromatic heterocycles. The highest BCUT2D eigenvalue weighted by Crippen LogP contribution is 2.37. The molecular formula is C15H21BN2O4S. The van der Waals surface area contributed by atoms with Gasteiger partial charge in [0.05, 0.1) is 17.3 Å². The minimum Gasteiger partial charge on any atom is -0.399 e. The van der Waals surface area contributed by atoms with E-state index in [2.05, 4.69) is 4.72 Å². The van der Waals surface area contributed by atoms with Crippen molar-refractivity contribution in [2.45, 2.75) is 45.8 Å². The lowest BCUT2D eigenvalue weighted by Gasteiger charge is -2.32. The van der Waals surface area contributed by atoms with Gasteiger partial charge >= 0.3 is 7.12 Å². The Morgan fingerprint density at radius 2 is 1.78 bits per heavy atom. The third kappa shape index (κ3) is 3.69. The van der Waals surface area contributed by atoms with Gasteiger partial charge in [0.15, 0.2) is 5.75 Å². The topological polar surface area (TPSA) is 88.4 Å². The standard InChI is InChI=1S/C15H21BN2O4S/c1-11-6-7-12(13(10-11)18-23(19,20)9-8-17)16-21-14(2,3)15(4,5)22-16/h6-7,10,18H,9H2,1-5H3. The Morgan fingerprint density at radius 1 is 1.22 bits per heavy atom. The number of hydrogen-bond donors (Lipinski definition) is 1. The van der Waals surface area contributed by atoms with Gasteiger partial charge in [-0.2, -0.15) is 5.26 Å². The normalized spacial score (nSPS) is 19.4. The smallest absolute Gasteiger partial charge is 0.399 e. The summed E-state index contributed by atoms with van der Waals surface area (Å²) < 4.78 is 38.3. The van der Waals surface area contributed by atoms with E-state index in [0.29, 0.717) is 11.2 Å². The maximum atomic E-state index is 11.9. The van der Waals surface area contributed by atoms with Gasteiger partial charge < -0.3 is 9.31 Å². The number of sulfonamides is 1. The number of nitriles is 1. The van der Waals surface area contributed by atoms with Crippen LogP contribution in [0, 0.1) is 18.3 Å². The minimum absolute atomic E-state index is 0.374. The van der Waals surface area contributed by atoms with E-state index < -0.39 is 34.1 Å². The minimum atomic E-state index is -3.73. The van der Waals surface area contributed by atoms with Crippen LogP contribution < -0.4 is 10.2 Å². The van der Waals surface area contributed by atoms with E-state index in [1.165, 1.54) is 0 Å². The number of aryl methyl sites for hydroxylation is 1. The summed E-state index contributed by atoms with van der Waals surface area (Å²) in [5, 5.41) is 8.63. The molecule has 1 aliphatic heterocycles. The highest BCUT2D eigenvalue weighted by Gasteiger charge is 2.52. The van der Waals surface area contributed by atoms with Gasteiger partial charge in [-0.15, -0.1) is 0 Å². The van der Waals surface area contributed by atoms with Crippen molar-refractivity contribution in [1.82, 2.24) is 0 Å². The molecule has 0 bridgehead atoms. The zero-order valence-electron chi connectivity index (χ0n) is 14.0. The molecule has 1 aliphatic rings. The summed E-state index contributed by atoms with van der Waals surface area (Å²) in [7, 11) is -4.41. The summed E-state index contributed by atoms with van der Waals surface area (Å²) >= 11 is 0. The SMILES string of the molecule is Cc1ccc(B2OC(C)(C)C(C)(C)O2)c(NS(=O)(=O)CC#N)c1. The highest BCUT2D eigenvalue weighted by molar-refractivity contribution is 7.92. The first-order valence-corrected chi connectivity index (χ1v) is 8.96. The van der Waals surface area contributed by atoms with Crippen LogP contribution in [0.3, 0.4) is 0 Å². The van der Waals surface area contributed by atoms with Crippen LogP contribution in [0.2, 0.25) is 0 Å². The van der Waals surface area contributed by atoms with Gasteiger partial charge in [-0.3, -0.25) is 4.72 Å². The maximum Gasteiger partial charge on any atom is 0.497 e. The second kappa shape index (κ2) is 5.82. The van der Waals surface area contributed by atoms with Crippen molar-refractivity contribution < 1.29 is 17.7 Å². The van der Waals surface area contributed by atoms with Crippen molar-refractivity contribution >= 4 is 28.3 Å². The quantitative estimate of drug-likeness (QED) is 0.843. The molecule has 0 unspecified atom stereocenters. The zero-order valence-corrected chi connectivity index (χ0v) is 14.8. The molecule has 1 fully saturated rings. The summed E-state index contributed by atoms with van der Waals surface area (Å²) in [4.78, 5) is 0. The van der Waals surface area contributed by atoms with Crippen molar-refractivity contribution in [3.8, 4) is 6.07 Å². The van der Waals surface area contributed by atoms with Gasteiger partial charge in [-0.05, 0) is 46.2 Å². The van der Waals surface area contributed by atoms with Crippen molar-refractivity contribution in [2.75, 3.05) is 10.5 Å². The molecule has 124 valence electrons. The lowest BCUT2D eigenvalue weighted by atomic mass is 9.77. The van der Waals surface area contributed by atoms with Crippen LogP contribution in [-0.2, 0) is 19.3 Å². The Hall–Kier alpha value is -1.56. The van der Waals surface area contributed by atoms with E-state index in [1.807, 2.05) is 40.7 Å². The molecule has 8 heteroatoms. The fourth-order valence-corrected chi connectivity index (χ4v) is 2.98. The van der Waals surface area contributed by atoms with Gasteiger partial charge in [0, 0.05) is 11.2 Å². The van der Waals surface area contributed by atoms with Crippen LogP contribution in [-0.4, -0.2) is 32.5 Å². The van der Waals surface area contributed by atoms with Gasteiger partial charge in [0.1, 0.15) is 0 Å². The lowest BCUT2D eigenvalue weighted by Crippen LogP contribution is -2.41. The summed E-state index contributed by atoms with van der Waals surface area (Å²) in [6, 6.07) is 6.99. The van der Waals surface area contributed by atoms with Crippen LogP contribution in [0.4, 0.5) is 5.69 Å². The molecule has 1 aromatic carbocycles. The zero-order chi connectivity index (χ0) is 17.5. The van der Waals surface area contributed by atoms with Crippen LogP contribution in [0.5, 0.6) is 0 Å². The van der Waals surface area contributed by atoms with Gasteiger partial charge in [-0.25, -0.2) is 8.42 Å². The first kappa shape index (κ1) is 17.8.